The van der Waals surface area contributed by atoms with Gasteiger partial charge < -0.3 is 16.6 Å². The molecule has 0 atom stereocenters. The van der Waals surface area contributed by atoms with E-state index in [-0.39, 0.29) is 5.95 Å². The van der Waals surface area contributed by atoms with Crippen LogP contribution >= 0.6 is 0 Å². The van der Waals surface area contributed by atoms with Crippen molar-refractivity contribution in [3.63, 3.8) is 0 Å². The first kappa shape index (κ1) is 20.0. The van der Waals surface area contributed by atoms with Gasteiger partial charge in [-0.3, -0.25) is 4.55 Å². The topological polar surface area (TPSA) is 165 Å². The number of aromatic nitrogens is 3. The fourth-order valence-corrected chi connectivity index (χ4v) is 2.16. The molecule has 0 aromatic carbocycles. The van der Waals surface area contributed by atoms with Crippen LogP contribution in [0.1, 0.15) is 31.7 Å². The summed E-state index contributed by atoms with van der Waals surface area (Å²) in [7, 11) is -3.92. The minimum absolute atomic E-state index is 0.168. The first-order valence-corrected chi connectivity index (χ1v) is 9.11. The van der Waals surface area contributed by atoms with Crippen molar-refractivity contribution < 1.29 is 18.1 Å². The lowest BCUT2D eigenvalue weighted by atomic mass is 10.1. The Kier molecular flexibility index (Phi) is 7.75. The highest BCUT2D eigenvalue weighted by molar-refractivity contribution is 7.85. The second kappa shape index (κ2) is 9.30. The molecule has 0 amide bonds. The zero-order valence-electron chi connectivity index (χ0n) is 13.5. The summed E-state index contributed by atoms with van der Waals surface area (Å²) in [4.78, 5) is 12.3. The number of hydrogen-bond donors (Lipinski definition) is 4. The molecule has 2 aromatic rings. The molecule has 2 aromatic heterocycles. The first-order valence-electron chi connectivity index (χ1n) is 7.50. The molecule has 0 fully saturated rings. The Morgan fingerprint density at radius 3 is 2.46 bits per heavy atom. The summed E-state index contributed by atoms with van der Waals surface area (Å²) in [6.45, 7) is 1.66. The Balaban J connectivity index is 0.000000351. The van der Waals surface area contributed by atoms with Crippen LogP contribution in [0.15, 0.2) is 12.3 Å². The molecule has 9 nitrogen and oxygen atoms in total. The average Bonchev–Trinajstić information content (AvgIpc) is 2.47. The number of unbranched alkanes of at least 4 members (excludes halogenated alkanes) is 2. The van der Waals surface area contributed by atoms with Gasteiger partial charge in [0.05, 0.1) is 17.7 Å². The Morgan fingerprint density at radius 2 is 1.92 bits per heavy atom. The number of nitrogens with two attached hydrogens (primary N) is 2. The summed E-state index contributed by atoms with van der Waals surface area (Å²) in [5.41, 5.74) is 13.1. The fourth-order valence-electron chi connectivity index (χ4n) is 1.93. The van der Waals surface area contributed by atoms with Gasteiger partial charge in [-0.15, -0.1) is 0 Å². The summed E-state index contributed by atoms with van der Waals surface area (Å²) < 4.78 is 27.1. The number of nitrogens with zero attached hydrogens (tertiary/aromatic N) is 3. The van der Waals surface area contributed by atoms with Gasteiger partial charge in [-0.05, 0) is 24.5 Å². The maximum Gasteiger partial charge on any atom is 0.267 e. The van der Waals surface area contributed by atoms with E-state index in [4.69, 9.17) is 21.1 Å². The van der Waals surface area contributed by atoms with Crippen molar-refractivity contribution in [3.05, 3.63) is 17.8 Å². The second-order valence-corrected chi connectivity index (χ2v) is 6.72. The van der Waals surface area contributed by atoms with Crippen LogP contribution in [0.3, 0.4) is 0 Å². The van der Waals surface area contributed by atoms with Crippen LogP contribution in [-0.4, -0.2) is 45.4 Å². The number of pyridine rings is 1. The molecular formula is C14H23N5O4S. The van der Waals surface area contributed by atoms with Gasteiger partial charge >= 0.3 is 0 Å². The molecule has 134 valence electrons. The van der Waals surface area contributed by atoms with Gasteiger partial charge in [0.25, 0.3) is 10.1 Å². The molecule has 2 heterocycles. The monoisotopic (exact) mass is 357 g/mol. The molecule has 0 aliphatic heterocycles. The normalized spacial score (nSPS) is 11.1. The number of anilines is 2. The molecule has 0 saturated carbocycles. The molecular weight excluding hydrogens is 334 g/mol. The molecule has 0 spiro atoms. The maximum absolute atomic E-state index is 9.63. The van der Waals surface area contributed by atoms with E-state index in [0.717, 1.165) is 11.8 Å². The van der Waals surface area contributed by atoms with Gasteiger partial charge in [0.2, 0.25) is 5.95 Å². The molecule has 6 N–H and O–H groups in total. The highest BCUT2D eigenvalue weighted by Crippen LogP contribution is 2.19. The van der Waals surface area contributed by atoms with Crippen LogP contribution in [0.2, 0.25) is 0 Å². The van der Waals surface area contributed by atoms with E-state index in [1.54, 1.807) is 0 Å². The lowest BCUT2D eigenvalue weighted by molar-refractivity contribution is 0.315. The molecule has 2 rings (SSSR count). The molecule has 10 heteroatoms. The molecule has 0 saturated heterocycles. The van der Waals surface area contributed by atoms with Crippen LogP contribution in [0.5, 0.6) is 0 Å². The van der Waals surface area contributed by atoms with Crippen LogP contribution < -0.4 is 11.5 Å². The second-order valence-electron chi connectivity index (χ2n) is 5.15. The van der Waals surface area contributed by atoms with Crippen molar-refractivity contribution in [1.29, 1.82) is 0 Å². The fraction of sp³-hybridized carbons (Fsp3) is 0.500. The Hall–Kier alpha value is -2.04. The van der Waals surface area contributed by atoms with Crippen molar-refractivity contribution in [3.8, 4) is 0 Å². The van der Waals surface area contributed by atoms with E-state index in [2.05, 4.69) is 21.9 Å². The number of aryl methyl sites for hydroxylation is 1. The van der Waals surface area contributed by atoms with E-state index in [0.29, 0.717) is 11.5 Å². The van der Waals surface area contributed by atoms with Crippen molar-refractivity contribution >= 4 is 32.9 Å². The number of nitrogen functional groups attached to an aromatic ring is 2. The molecule has 0 aliphatic rings. The quantitative estimate of drug-likeness (QED) is 0.432. The van der Waals surface area contributed by atoms with Crippen LogP contribution in [0.4, 0.5) is 11.8 Å². The maximum atomic E-state index is 9.63. The van der Waals surface area contributed by atoms with Crippen molar-refractivity contribution in [2.75, 3.05) is 23.8 Å². The Bertz CT molecular complexity index is 767. The lowest BCUT2D eigenvalue weighted by Crippen LogP contribution is -2.06. The highest BCUT2D eigenvalue weighted by Gasteiger charge is 2.05. The largest absolute Gasteiger partial charge is 0.395 e. The third kappa shape index (κ3) is 7.02. The van der Waals surface area contributed by atoms with E-state index >= 15 is 0 Å². The van der Waals surface area contributed by atoms with Crippen LogP contribution in [0, 0.1) is 0 Å². The number of rotatable bonds is 6. The van der Waals surface area contributed by atoms with Crippen LogP contribution in [-0.2, 0) is 16.5 Å². The number of aliphatic hydroxyl groups excluding tert-OH is 1. The van der Waals surface area contributed by atoms with Crippen molar-refractivity contribution in [2.45, 2.75) is 32.6 Å². The Morgan fingerprint density at radius 1 is 1.21 bits per heavy atom. The van der Waals surface area contributed by atoms with E-state index in [9.17, 15) is 8.42 Å². The summed E-state index contributed by atoms with van der Waals surface area (Å²) in [5.74, 6) is -0.00826. The van der Waals surface area contributed by atoms with Crippen molar-refractivity contribution in [1.82, 2.24) is 15.0 Å². The summed E-state index contributed by atoms with van der Waals surface area (Å²) >= 11 is 0. The molecule has 0 radical (unpaired) electrons. The lowest BCUT2D eigenvalue weighted by Gasteiger charge is -2.04. The van der Waals surface area contributed by atoms with Crippen LogP contribution in [0.25, 0.3) is 11.0 Å². The van der Waals surface area contributed by atoms with Gasteiger partial charge in [0.15, 0.2) is 5.65 Å². The number of fused-ring (bicyclic) bond motifs is 1. The van der Waals surface area contributed by atoms with E-state index in [1.165, 1.54) is 24.8 Å². The zero-order valence-corrected chi connectivity index (χ0v) is 14.3. The highest BCUT2D eigenvalue weighted by atomic mass is 32.2. The molecule has 0 bridgehead atoms. The first-order chi connectivity index (χ1) is 11.3. The van der Waals surface area contributed by atoms with Gasteiger partial charge in [-0.2, -0.15) is 18.4 Å². The Labute approximate surface area is 140 Å². The number of hydrogen-bond acceptors (Lipinski definition) is 8. The minimum atomic E-state index is -3.92. The van der Waals surface area contributed by atoms with Gasteiger partial charge in [-0.25, -0.2) is 4.98 Å². The summed E-state index contributed by atoms with van der Waals surface area (Å²) in [5, 5.41) is 8.65. The molecule has 0 aliphatic carbocycles. The minimum Gasteiger partial charge on any atom is -0.395 e. The predicted octanol–water partition coefficient (Wildman–Crippen LogP) is 0.788. The number of aliphatic hydroxyl groups is 1. The predicted molar refractivity (Wildman–Crippen MR) is 92.9 cm³/mol. The van der Waals surface area contributed by atoms with Gasteiger partial charge in [0.1, 0.15) is 5.82 Å². The van der Waals surface area contributed by atoms with Crippen molar-refractivity contribution in [2.24, 2.45) is 0 Å². The van der Waals surface area contributed by atoms with E-state index < -0.39 is 22.5 Å². The van der Waals surface area contributed by atoms with E-state index in [1.807, 2.05) is 12.3 Å². The zero-order chi connectivity index (χ0) is 18.2. The smallest absolute Gasteiger partial charge is 0.267 e. The SMILES string of the molecule is CCCCCc1cnc2nc(N)nc(N)c2c1.O=S(=O)(O)CCO. The third-order valence-electron chi connectivity index (χ3n) is 3.07. The molecule has 24 heavy (non-hydrogen) atoms. The van der Waals surface area contributed by atoms with Gasteiger partial charge in [0, 0.05) is 6.20 Å². The average molecular weight is 357 g/mol. The van der Waals surface area contributed by atoms with Gasteiger partial charge in [-0.1, -0.05) is 19.8 Å². The molecule has 0 unspecified atom stereocenters. The third-order valence-corrected chi connectivity index (χ3v) is 3.77. The standard InChI is InChI=1S/C12H17N5.C2H6O4S/c1-2-3-4-5-8-6-9-10(13)16-12(14)17-11(9)15-7-8;3-1-2-7(4,5)6/h6-7H,2-5H2,1H3,(H4,13,14,15,16,17);3H,1-2H2,(H,4,5,6). The summed E-state index contributed by atoms with van der Waals surface area (Å²) in [6, 6.07) is 2.01. The summed E-state index contributed by atoms with van der Waals surface area (Å²) in [6.07, 6.45) is 6.46.